The van der Waals surface area contributed by atoms with Gasteiger partial charge in [-0.25, -0.2) is 16.8 Å². The molecule has 236 valence electrons. The molecule has 4 aromatic carbocycles. The van der Waals surface area contributed by atoms with Gasteiger partial charge in [0, 0.05) is 17.3 Å². The van der Waals surface area contributed by atoms with Gasteiger partial charge in [0.15, 0.2) is 0 Å². The second-order valence-corrected chi connectivity index (χ2v) is 14.4. The summed E-state index contributed by atoms with van der Waals surface area (Å²) in [6.45, 7) is 3.70. The number of halogens is 1. The van der Waals surface area contributed by atoms with Crippen molar-refractivity contribution < 1.29 is 31.1 Å². The van der Waals surface area contributed by atoms with Gasteiger partial charge in [-0.1, -0.05) is 23.7 Å². The lowest BCUT2D eigenvalue weighted by molar-refractivity contribution is -0.114. The fourth-order valence-corrected chi connectivity index (χ4v) is 8.32. The van der Waals surface area contributed by atoms with Crippen LogP contribution in [0.5, 0.6) is 11.5 Å². The third-order valence-corrected chi connectivity index (χ3v) is 11.1. The molecule has 13 heteroatoms. The molecular weight excluding hydrogens is 638 g/mol. The summed E-state index contributed by atoms with van der Waals surface area (Å²) in [5, 5.41) is 3.17. The van der Waals surface area contributed by atoms with Gasteiger partial charge in [-0.2, -0.15) is 0 Å². The van der Waals surface area contributed by atoms with Gasteiger partial charge < -0.3 is 14.8 Å². The Hall–Kier alpha value is -4.26. The lowest BCUT2D eigenvalue weighted by atomic mass is 10.1. The van der Waals surface area contributed by atoms with Crippen LogP contribution in [0.15, 0.2) is 94.7 Å². The van der Waals surface area contributed by atoms with Crippen LogP contribution in [0.25, 0.3) is 0 Å². The van der Waals surface area contributed by atoms with E-state index in [0.717, 1.165) is 9.87 Å². The van der Waals surface area contributed by atoms with E-state index in [4.69, 9.17) is 21.1 Å². The first kappa shape index (κ1) is 32.1. The van der Waals surface area contributed by atoms with Crippen molar-refractivity contribution in [3.05, 3.63) is 101 Å². The van der Waals surface area contributed by atoms with E-state index in [2.05, 4.69) is 5.32 Å². The molecule has 10 nitrogen and oxygen atoms in total. The summed E-state index contributed by atoms with van der Waals surface area (Å²) in [6.07, 6.45) is 0.498. The van der Waals surface area contributed by atoms with Gasteiger partial charge in [-0.15, -0.1) is 0 Å². The molecule has 1 aliphatic rings. The molecule has 0 radical (unpaired) electrons. The molecule has 0 unspecified atom stereocenters. The number of nitrogens with zero attached hydrogens (tertiary/aromatic N) is 2. The van der Waals surface area contributed by atoms with Crippen LogP contribution in [-0.2, 0) is 31.3 Å². The zero-order valence-electron chi connectivity index (χ0n) is 24.9. The van der Waals surface area contributed by atoms with E-state index in [9.17, 15) is 21.6 Å². The topological polar surface area (TPSA) is 122 Å². The summed E-state index contributed by atoms with van der Waals surface area (Å²) < 4.78 is 68.2. The molecule has 0 saturated heterocycles. The number of carbonyl (C=O) groups is 1. The number of hydrogen-bond donors (Lipinski definition) is 1. The molecule has 1 heterocycles. The summed E-state index contributed by atoms with van der Waals surface area (Å²) in [5.74, 6) is 0.0501. The van der Waals surface area contributed by atoms with Gasteiger partial charge in [0.25, 0.3) is 20.0 Å². The summed E-state index contributed by atoms with van der Waals surface area (Å²) in [5.41, 5.74) is 2.49. The monoisotopic (exact) mass is 669 g/mol. The summed E-state index contributed by atoms with van der Waals surface area (Å²) in [4.78, 5) is 13.5. The highest BCUT2D eigenvalue weighted by molar-refractivity contribution is 7.93. The zero-order valence-corrected chi connectivity index (χ0v) is 27.2. The van der Waals surface area contributed by atoms with Crippen LogP contribution in [0.4, 0.5) is 17.1 Å². The smallest absolute Gasteiger partial charge is 0.268 e. The Morgan fingerprint density at radius 2 is 1.67 bits per heavy atom. The third-order valence-electron chi connectivity index (χ3n) is 7.23. The Balaban J connectivity index is 1.45. The second kappa shape index (κ2) is 13.0. The molecule has 1 N–H and O–H groups in total. The lowest BCUT2D eigenvalue weighted by Crippen LogP contribution is -2.38. The fourth-order valence-electron chi connectivity index (χ4n) is 5.04. The number of sulfonamides is 2. The Morgan fingerprint density at radius 1 is 0.956 bits per heavy atom. The predicted molar refractivity (Wildman–Crippen MR) is 175 cm³/mol. The number of ether oxygens (including phenoxy) is 2. The number of aryl methyl sites for hydroxylation is 1. The van der Waals surface area contributed by atoms with Gasteiger partial charge in [-0.3, -0.25) is 13.4 Å². The van der Waals surface area contributed by atoms with Gasteiger partial charge in [0.1, 0.15) is 22.9 Å². The van der Waals surface area contributed by atoms with Crippen LogP contribution in [0.1, 0.15) is 18.1 Å². The second-order valence-electron chi connectivity index (χ2n) is 10.3. The summed E-state index contributed by atoms with van der Waals surface area (Å²) in [7, 11) is -6.80. The largest absolute Gasteiger partial charge is 0.495 e. The lowest BCUT2D eigenvalue weighted by Gasteiger charge is -2.25. The van der Waals surface area contributed by atoms with Crippen molar-refractivity contribution in [1.29, 1.82) is 0 Å². The van der Waals surface area contributed by atoms with E-state index < -0.39 is 32.5 Å². The van der Waals surface area contributed by atoms with E-state index in [1.807, 2.05) is 6.92 Å². The minimum atomic E-state index is -4.29. The molecule has 45 heavy (non-hydrogen) atoms. The maximum absolute atomic E-state index is 14.1. The normalized spacial score (nSPS) is 12.8. The molecule has 1 aliphatic heterocycles. The van der Waals surface area contributed by atoms with Crippen LogP contribution in [-0.4, -0.2) is 49.5 Å². The fraction of sp³-hybridized carbons (Fsp3) is 0.219. The van der Waals surface area contributed by atoms with Gasteiger partial charge in [0.2, 0.25) is 5.91 Å². The highest BCUT2D eigenvalue weighted by Crippen LogP contribution is 2.36. The summed E-state index contributed by atoms with van der Waals surface area (Å²) >= 11 is 5.95. The molecule has 0 atom stereocenters. The number of hydrogen-bond acceptors (Lipinski definition) is 7. The first-order valence-electron chi connectivity index (χ1n) is 14.1. The van der Waals surface area contributed by atoms with E-state index in [1.54, 1.807) is 61.5 Å². The SMILES string of the molecule is CCOc1ccc(N(CC(=O)Nc2ccc3c(c2)N(S(=O)(=O)c2ccc(Cl)cc2)CC3)S(=O)(=O)c2cc(C)ccc2OC)cc1. The van der Waals surface area contributed by atoms with Crippen molar-refractivity contribution >= 4 is 54.6 Å². The number of methoxy groups -OCH3 is 1. The van der Waals surface area contributed by atoms with Crippen LogP contribution >= 0.6 is 11.6 Å². The standard InChI is InChI=1S/C32H32ClN3O7S2/c1-4-43-27-12-10-26(11-13-27)36(45(40,41)31-19-22(2)5-16-30(31)42-3)21-32(37)34-25-9-6-23-17-18-35(29(23)20-25)44(38,39)28-14-7-24(33)8-15-28/h5-16,19-20H,4,17-18,21H2,1-3H3,(H,34,37). The number of benzene rings is 4. The van der Waals surface area contributed by atoms with Gasteiger partial charge >= 0.3 is 0 Å². The third kappa shape index (κ3) is 6.73. The zero-order chi connectivity index (χ0) is 32.4. The molecule has 4 aromatic rings. The molecular formula is C32H32ClN3O7S2. The minimum absolute atomic E-state index is 0.0905. The van der Waals surface area contributed by atoms with Crippen LogP contribution in [0, 0.1) is 6.92 Å². The number of carbonyl (C=O) groups excluding carboxylic acids is 1. The number of rotatable bonds is 11. The number of anilines is 3. The highest BCUT2D eigenvalue weighted by Gasteiger charge is 2.33. The maximum atomic E-state index is 14.1. The summed E-state index contributed by atoms with van der Waals surface area (Å²) in [6, 6.07) is 22.1. The van der Waals surface area contributed by atoms with E-state index in [1.165, 1.54) is 41.7 Å². The van der Waals surface area contributed by atoms with Crippen LogP contribution < -0.4 is 23.4 Å². The highest BCUT2D eigenvalue weighted by atomic mass is 35.5. The van der Waals surface area contributed by atoms with Crippen molar-refractivity contribution in [1.82, 2.24) is 0 Å². The molecule has 0 fully saturated rings. The molecule has 0 saturated carbocycles. The molecule has 5 rings (SSSR count). The van der Waals surface area contributed by atoms with Crippen molar-refractivity contribution in [3.8, 4) is 11.5 Å². The van der Waals surface area contributed by atoms with Crippen molar-refractivity contribution in [2.45, 2.75) is 30.1 Å². The molecule has 0 bridgehead atoms. The van der Waals surface area contributed by atoms with Crippen molar-refractivity contribution in [2.75, 3.05) is 40.7 Å². The first-order valence-corrected chi connectivity index (χ1v) is 17.3. The van der Waals surface area contributed by atoms with Gasteiger partial charge in [0.05, 0.1) is 30.0 Å². The molecule has 0 aromatic heterocycles. The van der Waals surface area contributed by atoms with Crippen molar-refractivity contribution in [3.63, 3.8) is 0 Å². The molecule has 0 aliphatic carbocycles. The number of fused-ring (bicyclic) bond motifs is 1. The van der Waals surface area contributed by atoms with E-state index >= 15 is 0 Å². The molecule has 0 spiro atoms. The minimum Gasteiger partial charge on any atom is -0.495 e. The van der Waals surface area contributed by atoms with Crippen LogP contribution in [0.3, 0.4) is 0 Å². The Morgan fingerprint density at radius 3 is 2.33 bits per heavy atom. The van der Waals surface area contributed by atoms with Crippen molar-refractivity contribution in [2.24, 2.45) is 0 Å². The predicted octanol–water partition coefficient (Wildman–Crippen LogP) is 5.64. The average molecular weight is 670 g/mol. The van der Waals surface area contributed by atoms with E-state index in [0.29, 0.717) is 40.7 Å². The first-order chi connectivity index (χ1) is 21.4. The average Bonchev–Trinajstić information content (AvgIpc) is 3.45. The molecule has 1 amide bonds. The number of nitrogens with one attached hydrogen (secondary N) is 1. The maximum Gasteiger partial charge on any atom is 0.268 e. The Labute approximate surface area is 268 Å². The number of amides is 1. The van der Waals surface area contributed by atoms with Gasteiger partial charge in [-0.05, 0) is 104 Å². The van der Waals surface area contributed by atoms with E-state index in [-0.39, 0.29) is 27.8 Å². The Kier molecular flexibility index (Phi) is 9.28. The quantitative estimate of drug-likeness (QED) is 0.219. The van der Waals surface area contributed by atoms with Crippen LogP contribution in [0.2, 0.25) is 5.02 Å². The Bertz CT molecular complexity index is 1930.